The summed E-state index contributed by atoms with van der Waals surface area (Å²) >= 11 is 5.90. The second kappa shape index (κ2) is 8.62. The van der Waals surface area contributed by atoms with Crippen molar-refractivity contribution in [2.75, 3.05) is 0 Å². The highest BCUT2D eigenvalue weighted by Crippen LogP contribution is 2.47. The van der Waals surface area contributed by atoms with Crippen LogP contribution in [-0.2, 0) is 11.0 Å². The average Bonchev–Trinajstić information content (AvgIpc) is 2.65. The van der Waals surface area contributed by atoms with Crippen LogP contribution in [0.1, 0.15) is 23.7 Å². The number of carbonyl (C=O) groups excluding carboxylic acids is 1. The number of esters is 1. The maximum Gasteiger partial charge on any atom is 0.573 e. The van der Waals surface area contributed by atoms with Crippen LogP contribution in [0.5, 0.6) is 23.0 Å². The molecule has 0 radical (unpaired) electrons. The lowest BCUT2D eigenvalue weighted by Crippen LogP contribution is -2.17. The molecule has 33 heavy (non-hydrogen) atoms. The second-order valence-electron chi connectivity index (χ2n) is 6.82. The van der Waals surface area contributed by atoms with Crippen molar-refractivity contribution in [3.63, 3.8) is 0 Å². The van der Waals surface area contributed by atoms with E-state index in [1.54, 1.807) is 6.92 Å². The van der Waals surface area contributed by atoms with E-state index in [4.69, 9.17) is 21.1 Å². The maximum absolute atomic E-state index is 14.2. The Bertz CT molecular complexity index is 1240. The van der Waals surface area contributed by atoms with Crippen LogP contribution in [0.3, 0.4) is 0 Å². The Morgan fingerprint density at radius 1 is 1.00 bits per heavy atom. The van der Waals surface area contributed by atoms with Gasteiger partial charge in [0.1, 0.15) is 28.6 Å². The van der Waals surface area contributed by atoms with Crippen LogP contribution < -0.4 is 14.2 Å². The predicted molar refractivity (Wildman–Crippen MR) is 106 cm³/mol. The number of aromatic nitrogens is 1. The van der Waals surface area contributed by atoms with Crippen LogP contribution in [0.25, 0.3) is 10.9 Å². The van der Waals surface area contributed by atoms with Crippen molar-refractivity contribution in [3.8, 4) is 23.0 Å². The third kappa shape index (κ3) is 5.41. The Morgan fingerprint density at radius 2 is 1.64 bits per heavy atom. The molecular weight excluding hydrogens is 480 g/mol. The number of halogens is 7. The van der Waals surface area contributed by atoms with Crippen molar-refractivity contribution in [2.45, 2.75) is 33.3 Å². The van der Waals surface area contributed by atoms with Gasteiger partial charge in [-0.25, -0.2) is 0 Å². The fourth-order valence-corrected chi connectivity index (χ4v) is 3.24. The first-order chi connectivity index (χ1) is 15.2. The van der Waals surface area contributed by atoms with Gasteiger partial charge in [-0.05, 0) is 38.1 Å². The van der Waals surface area contributed by atoms with Crippen LogP contribution in [0.15, 0.2) is 30.3 Å². The molecule has 0 spiro atoms. The number of hydrogen-bond donors (Lipinski definition) is 0. The lowest BCUT2D eigenvalue weighted by atomic mass is 10.0. The number of fused-ring (bicyclic) bond motifs is 1. The van der Waals surface area contributed by atoms with E-state index in [1.807, 2.05) is 0 Å². The van der Waals surface area contributed by atoms with Gasteiger partial charge in [-0.15, -0.1) is 13.2 Å². The minimum absolute atomic E-state index is 0.103. The molecule has 12 heteroatoms. The summed E-state index contributed by atoms with van der Waals surface area (Å²) in [5, 5.41) is -0.935. The molecule has 0 aliphatic heterocycles. The Hall–Kier alpha value is -3.21. The molecule has 0 atom stereocenters. The van der Waals surface area contributed by atoms with Crippen LogP contribution in [0.4, 0.5) is 26.3 Å². The number of ether oxygens (including phenoxy) is 3. The SMILES string of the molecule is CC(=O)Oc1c(C)c(C)nc2ccc(Oc3ccc(OC(F)(F)F)cc3Cl)c(C(F)(F)F)c12. The molecule has 0 saturated heterocycles. The van der Waals surface area contributed by atoms with Gasteiger partial charge in [0.15, 0.2) is 0 Å². The zero-order chi connectivity index (χ0) is 24.7. The molecule has 176 valence electrons. The second-order valence-corrected chi connectivity index (χ2v) is 7.22. The molecule has 0 aliphatic carbocycles. The fraction of sp³-hybridized carbons (Fsp3) is 0.238. The van der Waals surface area contributed by atoms with E-state index in [0.717, 1.165) is 31.2 Å². The minimum atomic E-state index is -4.99. The molecule has 0 saturated carbocycles. The van der Waals surface area contributed by atoms with Crippen molar-refractivity contribution < 1.29 is 45.3 Å². The molecule has 5 nitrogen and oxygen atoms in total. The summed E-state index contributed by atoms with van der Waals surface area (Å²) in [6.45, 7) is 4.03. The van der Waals surface area contributed by atoms with Crippen LogP contribution in [0.2, 0.25) is 5.02 Å². The largest absolute Gasteiger partial charge is 0.573 e. The zero-order valence-corrected chi connectivity index (χ0v) is 17.9. The van der Waals surface area contributed by atoms with Crippen molar-refractivity contribution in [1.29, 1.82) is 0 Å². The van der Waals surface area contributed by atoms with E-state index in [9.17, 15) is 31.1 Å². The Morgan fingerprint density at radius 3 is 2.18 bits per heavy atom. The van der Waals surface area contributed by atoms with Gasteiger partial charge < -0.3 is 14.2 Å². The highest BCUT2D eigenvalue weighted by Gasteiger charge is 2.39. The monoisotopic (exact) mass is 493 g/mol. The average molecular weight is 494 g/mol. The summed E-state index contributed by atoms with van der Waals surface area (Å²) in [7, 11) is 0. The summed E-state index contributed by atoms with van der Waals surface area (Å²) in [4.78, 5) is 15.7. The summed E-state index contributed by atoms with van der Waals surface area (Å²) < 4.78 is 93.7. The standard InChI is InChI=1S/C21H14ClF6NO4/c1-9-10(2)29-14-5-7-16(18(20(23,24)25)17(14)19(9)31-11(3)30)32-15-6-4-12(8-13(15)22)33-21(26,27)28/h4-8H,1-3H3. The number of hydrogen-bond acceptors (Lipinski definition) is 5. The number of benzene rings is 2. The van der Waals surface area contributed by atoms with Gasteiger partial charge in [0.25, 0.3) is 0 Å². The van der Waals surface area contributed by atoms with E-state index in [1.165, 1.54) is 13.0 Å². The van der Waals surface area contributed by atoms with E-state index in [-0.39, 0.29) is 22.6 Å². The fourth-order valence-electron chi connectivity index (χ4n) is 3.03. The first-order valence-electron chi connectivity index (χ1n) is 9.10. The van der Waals surface area contributed by atoms with Gasteiger partial charge >= 0.3 is 18.5 Å². The molecule has 3 rings (SSSR count). The third-order valence-corrected chi connectivity index (χ3v) is 4.73. The van der Waals surface area contributed by atoms with Crippen molar-refractivity contribution in [3.05, 3.63) is 52.2 Å². The number of nitrogens with zero attached hydrogens (tertiary/aromatic N) is 1. The molecule has 1 aromatic heterocycles. The molecule has 2 aromatic carbocycles. The molecule has 0 amide bonds. The first-order valence-corrected chi connectivity index (χ1v) is 9.48. The smallest absolute Gasteiger partial charge is 0.455 e. The quantitative estimate of drug-likeness (QED) is 0.285. The summed E-state index contributed by atoms with van der Waals surface area (Å²) in [6.07, 6.45) is -9.97. The number of rotatable bonds is 4. The van der Waals surface area contributed by atoms with Gasteiger partial charge in [-0.2, -0.15) is 13.2 Å². The van der Waals surface area contributed by atoms with E-state index in [0.29, 0.717) is 5.69 Å². The topological polar surface area (TPSA) is 57.7 Å². The molecule has 3 aromatic rings. The predicted octanol–water partition coefficient (Wildman–Crippen LogP) is 7.14. The molecule has 0 unspecified atom stereocenters. The molecule has 0 fully saturated rings. The van der Waals surface area contributed by atoms with Crippen LogP contribution in [0, 0.1) is 13.8 Å². The van der Waals surface area contributed by atoms with Crippen LogP contribution in [-0.4, -0.2) is 17.3 Å². The molecule has 0 aliphatic rings. The van der Waals surface area contributed by atoms with Crippen molar-refractivity contribution >= 4 is 28.5 Å². The summed E-state index contributed by atoms with van der Waals surface area (Å²) in [5.74, 6) is -2.93. The Kier molecular flexibility index (Phi) is 6.38. The highest BCUT2D eigenvalue weighted by molar-refractivity contribution is 6.32. The van der Waals surface area contributed by atoms with Gasteiger partial charge in [-0.3, -0.25) is 9.78 Å². The number of pyridine rings is 1. The normalized spacial score (nSPS) is 12.1. The first kappa shape index (κ1) is 24.4. The van der Waals surface area contributed by atoms with E-state index in [2.05, 4.69) is 9.72 Å². The van der Waals surface area contributed by atoms with Crippen molar-refractivity contribution in [2.24, 2.45) is 0 Å². The number of alkyl halides is 6. The van der Waals surface area contributed by atoms with Gasteiger partial charge in [0.2, 0.25) is 0 Å². The molecule has 0 N–H and O–H groups in total. The van der Waals surface area contributed by atoms with Crippen LogP contribution >= 0.6 is 11.6 Å². The van der Waals surface area contributed by atoms with E-state index < -0.39 is 46.0 Å². The van der Waals surface area contributed by atoms with E-state index >= 15 is 0 Å². The zero-order valence-electron chi connectivity index (χ0n) is 17.1. The van der Waals surface area contributed by atoms with Gasteiger partial charge in [0.05, 0.1) is 15.9 Å². The Balaban J connectivity index is 2.20. The summed E-state index contributed by atoms with van der Waals surface area (Å²) in [5.41, 5.74) is -0.830. The molecule has 1 heterocycles. The van der Waals surface area contributed by atoms with Gasteiger partial charge in [-0.1, -0.05) is 11.6 Å². The highest BCUT2D eigenvalue weighted by atomic mass is 35.5. The minimum Gasteiger partial charge on any atom is -0.455 e. The lowest BCUT2D eigenvalue weighted by molar-refractivity contribution is -0.274. The molecule has 0 bridgehead atoms. The van der Waals surface area contributed by atoms with Gasteiger partial charge in [0, 0.05) is 24.2 Å². The number of aryl methyl sites for hydroxylation is 1. The lowest BCUT2D eigenvalue weighted by Gasteiger charge is -2.20. The maximum atomic E-state index is 14.2. The number of carbonyl (C=O) groups is 1. The van der Waals surface area contributed by atoms with Crippen molar-refractivity contribution in [1.82, 2.24) is 4.98 Å². The third-order valence-electron chi connectivity index (χ3n) is 4.43. The molecular formula is C21H14ClF6NO4. The Labute approximate surface area is 187 Å². The summed E-state index contributed by atoms with van der Waals surface area (Å²) in [6, 6.07) is 4.73.